The van der Waals surface area contributed by atoms with Crippen molar-refractivity contribution in [1.82, 2.24) is 15.0 Å². The number of nitrogens with zero attached hydrogens (tertiary/aromatic N) is 3. The Kier molecular flexibility index (Phi) is 3.35. The summed E-state index contributed by atoms with van der Waals surface area (Å²) in [7, 11) is 0. The molecule has 0 unspecified atom stereocenters. The Hall–Kier alpha value is -2.04. The van der Waals surface area contributed by atoms with E-state index in [1.165, 1.54) is 5.56 Å². The molecule has 0 atom stereocenters. The van der Waals surface area contributed by atoms with Crippen LogP contribution in [-0.4, -0.2) is 28.2 Å². The number of hydrogen-bond acceptors (Lipinski definition) is 4. The van der Waals surface area contributed by atoms with Crippen molar-refractivity contribution < 1.29 is 9.47 Å². The number of rotatable bonds is 4. The molecule has 100 valence electrons. The van der Waals surface area contributed by atoms with Gasteiger partial charge in [-0.25, -0.2) is 0 Å². The average molecular weight is 259 g/mol. The summed E-state index contributed by atoms with van der Waals surface area (Å²) in [4.78, 5) is 0. The molecule has 0 N–H and O–H groups in total. The van der Waals surface area contributed by atoms with Gasteiger partial charge in [0.1, 0.15) is 13.2 Å². The highest BCUT2D eigenvalue weighted by Crippen LogP contribution is 2.30. The average Bonchev–Trinajstić information content (AvgIpc) is 2.93. The molecule has 0 amide bonds. The first-order valence-electron chi connectivity index (χ1n) is 6.62. The first-order chi connectivity index (χ1) is 9.35. The Morgan fingerprint density at radius 1 is 1.16 bits per heavy atom. The lowest BCUT2D eigenvalue weighted by Crippen LogP contribution is -2.15. The second-order valence-corrected chi connectivity index (χ2v) is 4.54. The van der Waals surface area contributed by atoms with E-state index >= 15 is 0 Å². The maximum Gasteiger partial charge on any atom is 0.161 e. The predicted octanol–water partition coefficient (Wildman–Crippen LogP) is 1.85. The SMILES string of the molecule is CCn1cc(CCc2ccc3c(c2)OCCO3)nn1. The van der Waals surface area contributed by atoms with Crippen molar-refractivity contribution >= 4 is 0 Å². The number of aromatic nitrogens is 3. The van der Waals surface area contributed by atoms with Gasteiger partial charge in [-0.3, -0.25) is 4.68 Å². The second kappa shape index (κ2) is 5.30. The normalized spacial score (nSPS) is 13.5. The van der Waals surface area contributed by atoms with E-state index in [9.17, 15) is 0 Å². The molecule has 2 heterocycles. The zero-order valence-electron chi connectivity index (χ0n) is 11.0. The van der Waals surface area contributed by atoms with Crippen LogP contribution < -0.4 is 9.47 Å². The quantitative estimate of drug-likeness (QED) is 0.841. The van der Waals surface area contributed by atoms with Crippen molar-refractivity contribution in [2.24, 2.45) is 0 Å². The van der Waals surface area contributed by atoms with Crippen LogP contribution in [0.5, 0.6) is 11.5 Å². The lowest BCUT2D eigenvalue weighted by atomic mass is 10.1. The summed E-state index contributed by atoms with van der Waals surface area (Å²) in [5.41, 5.74) is 2.26. The summed E-state index contributed by atoms with van der Waals surface area (Å²) in [5, 5.41) is 8.19. The minimum absolute atomic E-state index is 0.626. The zero-order chi connectivity index (χ0) is 13.1. The molecule has 0 saturated heterocycles. The smallest absolute Gasteiger partial charge is 0.161 e. The van der Waals surface area contributed by atoms with Crippen molar-refractivity contribution in [2.45, 2.75) is 26.3 Å². The lowest BCUT2D eigenvalue weighted by Gasteiger charge is -2.18. The van der Waals surface area contributed by atoms with Gasteiger partial charge < -0.3 is 9.47 Å². The summed E-state index contributed by atoms with van der Waals surface area (Å²) in [6.45, 7) is 4.17. The van der Waals surface area contributed by atoms with Crippen molar-refractivity contribution in [3.05, 3.63) is 35.7 Å². The fourth-order valence-electron chi connectivity index (χ4n) is 2.12. The first-order valence-corrected chi connectivity index (χ1v) is 6.62. The molecule has 0 aliphatic carbocycles. The van der Waals surface area contributed by atoms with E-state index in [4.69, 9.17) is 9.47 Å². The first kappa shape index (κ1) is 12.0. The maximum atomic E-state index is 5.58. The molecule has 1 aliphatic rings. The molecule has 0 spiro atoms. The van der Waals surface area contributed by atoms with E-state index in [1.807, 2.05) is 16.9 Å². The fraction of sp³-hybridized carbons (Fsp3) is 0.429. The maximum absolute atomic E-state index is 5.58. The largest absolute Gasteiger partial charge is 0.486 e. The summed E-state index contributed by atoms with van der Waals surface area (Å²) < 4.78 is 12.9. The number of aryl methyl sites for hydroxylation is 3. The second-order valence-electron chi connectivity index (χ2n) is 4.54. The van der Waals surface area contributed by atoms with Crippen LogP contribution in [0.2, 0.25) is 0 Å². The van der Waals surface area contributed by atoms with Crippen LogP contribution in [0.4, 0.5) is 0 Å². The van der Waals surface area contributed by atoms with Crippen LogP contribution in [0.1, 0.15) is 18.2 Å². The van der Waals surface area contributed by atoms with Crippen molar-refractivity contribution in [3.63, 3.8) is 0 Å². The predicted molar refractivity (Wildman–Crippen MR) is 70.5 cm³/mol. The van der Waals surface area contributed by atoms with Crippen molar-refractivity contribution in [1.29, 1.82) is 0 Å². The van der Waals surface area contributed by atoms with Gasteiger partial charge in [-0.15, -0.1) is 5.10 Å². The molecule has 3 rings (SSSR count). The molecule has 1 aromatic carbocycles. The number of fused-ring (bicyclic) bond motifs is 1. The van der Waals surface area contributed by atoms with Gasteiger partial charge in [-0.05, 0) is 37.5 Å². The van der Waals surface area contributed by atoms with E-state index in [2.05, 4.69) is 29.4 Å². The van der Waals surface area contributed by atoms with Gasteiger partial charge in [0.25, 0.3) is 0 Å². The minimum atomic E-state index is 0.626. The molecule has 0 fully saturated rings. The van der Waals surface area contributed by atoms with Gasteiger partial charge in [0, 0.05) is 12.7 Å². The zero-order valence-corrected chi connectivity index (χ0v) is 11.0. The summed E-state index contributed by atoms with van der Waals surface area (Å²) in [6.07, 6.45) is 3.82. The van der Waals surface area contributed by atoms with Gasteiger partial charge in [0.15, 0.2) is 11.5 Å². The number of hydrogen-bond donors (Lipinski definition) is 0. The van der Waals surface area contributed by atoms with Crippen LogP contribution in [0.15, 0.2) is 24.4 Å². The number of ether oxygens (including phenoxy) is 2. The molecule has 5 nitrogen and oxygen atoms in total. The molecule has 19 heavy (non-hydrogen) atoms. The molecular weight excluding hydrogens is 242 g/mol. The third-order valence-corrected chi connectivity index (χ3v) is 3.19. The topological polar surface area (TPSA) is 49.2 Å². The lowest BCUT2D eigenvalue weighted by molar-refractivity contribution is 0.171. The van der Waals surface area contributed by atoms with E-state index < -0.39 is 0 Å². The van der Waals surface area contributed by atoms with Crippen LogP contribution in [0.3, 0.4) is 0 Å². The summed E-state index contributed by atoms with van der Waals surface area (Å²) in [6, 6.07) is 6.11. The van der Waals surface area contributed by atoms with E-state index in [0.29, 0.717) is 13.2 Å². The van der Waals surface area contributed by atoms with Gasteiger partial charge in [0.2, 0.25) is 0 Å². The fourth-order valence-corrected chi connectivity index (χ4v) is 2.12. The number of benzene rings is 1. The monoisotopic (exact) mass is 259 g/mol. The van der Waals surface area contributed by atoms with Crippen molar-refractivity contribution in [2.75, 3.05) is 13.2 Å². The molecule has 0 bridgehead atoms. The Morgan fingerprint density at radius 3 is 2.79 bits per heavy atom. The Labute approximate surface area is 112 Å². The van der Waals surface area contributed by atoms with E-state index in [1.54, 1.807) is 0 Å². The molecule has 2 aromatic rings. The molecule has 1 aromatic heterocycles. The summed E-state index contributed by atoms with van der Waals surface area (Å²) in [5.74, 6) is 1.69. The highest BCUT2D eigenvalue weighted by atomic mass is 16.6. The van der Waals surface area contributed by atoms with Gasteiger partial charge >= 0.3 is 0 Å². The third kappa shape index (κ3) is 2.70. The molecule has 1 aliphatic heterocycles. The van der Waals surface area contributed by atoms with E-state index in [-0.39, 0.29) is 0 Å². The molecule has 5 heteroatoms. The van der Waals surface area contributed by atoms with Crippen LogP contribution in [-0.2, 0) is 19.4 Å². The standard InChI is InChI=1S/C14H17N3O2/c1-2-17-10-12(15-16-17)5-3-11-4-6-13-14(9-11)19-8-7-18-13/h4,6,9-10H,2-3,5,7-8H2,1H3. The Balaban J connectivity index is 1.66. The van der Waals surface area contributed by atoms with Crippen molar-refractivity contribution in [3.8, 4) is 11.5 Å². The summed E-state index contributed by atoms with van der Waals surface area (Å²) >= 11 is 0. The Morgan fingerprint density at radius 2 is 2.00 bits per heavy atom. The van der Waals surface area contributed by atoms with Crippen LogP contribution in [0, 0.1) is 0 Å². The molecule has 0 radical (unpaired) electrons. The highest BCUT2D eigenvalue weighted by Gasteiger charge is 2.11. The molecular formula is C14H17N3O2. The van der Waals surface area contributed by atoms with E-state index in [0.717, 1.165) is 36.6 Å². The van der Waals surface area contributed by atoms with Gasteiger partial charge in [-0.1, -0.05) is 11.3 Å². The molecule has 0 saturated carbocycles. The minimum Gasteiger partial charge on any atom is -0.486 e. The third-order valence-electron chi connectivity index (χ3n) is 3.19. The van der Waals surface area contributed by atoms with Crippen LogP contribution in [0.25, 0.3) is 0 Å². The Bertz CT molecular complexity index is 566. The van der Waals surface area contributed by atoms with Gasteiger partial charge in [-0.2, -0.15) is 0 Å². The highest BCUT2D eigenvalue weighted by molar-refractivity contribution is 5.43. The van der Waals surface area contributed by atoms with Gasteiger partial charge in [0.05, 0.1) is 5.69 Å². The van der Waals surface area contributed by atoms with Crippen LogP contribution >= 0.6 is 0 Å².